The molecule has 1 atom stereocenters. The Labute approximate surface area is 41.0 Å². The van der Waals surface area contributed by atoms with Crippen LogP contribution in [0.25, 0.3) is 0 Å². The van der Waals surface area contributed by atoms with Gasteiger partial charge in [-0.15, -0.1) is 0 Å². The van der Waals surface area contributed by atoms with Crippen LogP contribution in [0.5, 0.6) is 0 Å². The molecule has 0 heterocycles. The molecule has 1 fully saturated rings. The Hall–Kier alpha value is 0. The van der Waals surface area contributed by atoms with Crippen LogP contribution >= 0.6 is 0 Å². The lowest BCUT2D eigenvalue weighted by molar-refractivity contribution is 0.593. The summed E-state index contributed by atoms with van der Waals surface area (Å²) in [6.45, 7) is 0. The normalized spacial score (nSPS) is 29.7. The van der Waals surface area contributed by atoms with Crippen molar-refractivity contribution in [3.63, 3.8) is 0 Å². The standard InChI is InChI=1S/C6H10/c1-2-4-6-5-3-1/h1-5H2/i4D. The van der Waals surface area contributed by atoms with Gasteiger partial charge in [-0.05, 0) is 19.2 Å². The third-order valence-corrected chi connectivity index (χ3v) is 1.06. The lowest BCUT2D eigenvalue weighted by Gasteiger charge is -2.04. The van der Waals surface area contributed by atoms with Gasteiger partial charge in [0.25, 0.3) is 0 Å². The van der Waals surface area contributed by atoms with Gasteiger partial charge in [-0.2, -0.15) is 0 Å². The van der Waals surface area contributed by atoms with Crippen LogP contribution in [-0.2, 0) is 0 Å². The highest BCUT2D eigenvalue weighted by atomic mass is 14.0. The molecule has 0 saturated heterocycles. The van der Waals surface area contributed by atoms with E-state index in [0.29, 0.717) is 0 Å². The number of rotatable bonds is 0. The monoisotopic (exact) mass is 83.1 g/mol. The predicted molar refractivity (Wildman–Crippen MR) is 26.3 cm³/mol. The molecule has 34 valence electrons. The topological polar surface area (TPSA) is 0 Å². The van der Waals surface area contributed by atoms with Crippen molar-refractivity contribution < 1.29 is 1.37 Å². The zero-order chi connectivity index (χ0) is 5.11. The van der Waals surface area contributed by atoms with Gasteiger partial charge in [0.2, 0.25) is 0 Å². The largest absolute Gasteiger partial charge is 0.0533 e. The molecule has 0 amide bonds. The van der Waals surface area contributed by atoms with Crippen molar-refractivity contribution in [2.45, 2.75) is 32.1 Å². The van der Waals surface area contributed by atoms with Gasteiger partial charge in [-0.3, -0.25) is 0 Å². The average molecular weight is 83.2 g/mol. The SMILES string of the molecule is [2H]C1[C]CCCC1. The lowest BCUT2D eigenvalue weighted by Crippen LogP contribution is -1.87. The van der Waals surface area contributed by atoms with Crippen LogP contribution in [-0.4, -0.2) is 0 Å². The predicted octanol–water partition coefficient (Wildman–Crippen LogP) is 2.03. The minimum atomic E-state index is 0.0359. The third-order valence-electron chi connectivity index (χ3n) is 1.06. The van der Waals surface area contributed by atoms with E-state index in [1.807, 2.05) is 0 Å². The Balaban J connectivity index is 2.12. The third kappa shape index (κ3) is 1.00. The van der Waals surface area contributed by atoms with Crippen LogP contribution in [0.1, 0.15) is 33.5 Å². The van der Waals surface area contributed by atoms with Crippen molar-refractivity contribution in [3.8, 4) is 0 Å². The van der Waals surface area contributed by atoms with Crippen molar-refractivity contribution in [1.29, 1.82) is 0 Å². The molecule has 1 aliphatic rings. The Morgan fingerprint density at radius 2 is 2.33 bits per heavy atom. The molecule has 0 spiro atoms. The molecule has 1 saturated carbocycles. The second-order valence-electron chi connectivity index (χ2n) is 1.65. The van der Waals surface area contributed by atoms with Crippen LogP contribution in [0.4, 0.5) is 0 Å². The van der Waals surface area contributed by atoms with E-state index in [-0.39, 0.29) is 6.40 Å². The maximum atomic E-state index is 7.16. The average Bonchev–Trinajstić information content (AvgIpc) is 1.69. The molecule has 1 aliphatic carbocycles. The first kappa shape index (κ1) is 3.06. The zero-order valence-electron chi connectivity index (χ0n) is 4.91. The second kappa shape index (κ2) is 2.22. The fourth-order valence-corrected chi connectivity index (χ4v) is 0.678. The molecule has 2 radical (unpaired) electrons. The van der Waals surface area contributed by atoms with Gasteiger partial charge in [-0.25, -0.2) is 0 Å². The molecule has 0 N–H and O–H groups in total. The van der Waals surface area contributed by atoms with Crippen molar-refractivity contribution in [3.05, 3.63) is 6.42 Å². The van der Waals surface area contributed by atoms with Crippen molar-refractivity contribution >= 4 is 0 Å². The summed E-state index contributed by atoms with van der Waals surface area (Å²) < 4.78 is 7.16. The van der Waals surface area contributed by atoms with Gasteiger partial charge in [0.15, 0.2) is 0 Å². The van der Waals surface area contributed by atoms with E-state index in [1.165, 1.54) is 12.8 Å². The molecule has 0 aromatic heterocycles. The van der Waals surface area contributed by atoms with Crippen LogP contribution in [0.15, 0.2) is 0 Å². The van der Waals surface area contributed by atoms with Gasteiger partial charge >= 0.3 is 0 Å². The van der Waals surface area contributed by atoms with E-state index in [2.05, 4.69) is 6.42 Å². The van der Waals surface area contributed by atoms with Crippen molar-refractivity contribution in [2.75, 3.05) is 0 Å². The summed E-state index contributed by atoms with van der Waals surface area (Å²) in [6, 6.07) is 0. The first-order valence-electron chi connectivity index (χ1n) is 3.13. The smallest absolute Gasteiger partial charge is 0.0273 e. The summed E-state index contributed by atoms with van der Waals surface area (Å²) in [5.41, 5.74) is 0. The van der Waals surface area contributed by atoms with Gasteiger partial charge in [0.1, 0.15) is 0 Å². The van der Waals surface area contributed by atoms with Crippen LogP contribution in [0, 0.1) is 6.42 Å². The molecule has 0 aliphatic heterocycles. The number of hydrogen-bond donors (Lipinski definition) is 0. The molecule has 0 aromatic rings. The number of hydrogen-bond acceptors (Lipinski definition) is 0. The Kier molecular flexibility index (Phi) is 1.13. The highest BCUT2D eigenvalue weighted by Gasteiger charge is 1.96. The Morgan fingerprint density at radius 1 is 1.33 bits per heavy atom. The van der Waals surface area contributed by atoms with Gasteiger partial charge < -0.3 is 0 Å². The Bertz CT molecular complexity index is 46.1. The van der Waals surface area contributed by atoms with E-state index in [0.717, 1.165) is 12.8 Å². The minimum Gasteiger partial charge on any atom is -0.0533 e. The molecule has 0 heteroatoms. The second-order valence-corrected chi connectivity index (χ2v) is 1.65. The summed E-state index contributed by atoms with van der Waals surface area (Å²) in [4.78, 5) is 0. The zero-order valence-corrected chi connectivity index (χ0v) is 3.91. The Morgan fingerprint density at radius 3 is 2.67 bits per heavy atom. The van der Waals surface area contributed by atoms with Gasteiger partial charge in [0, 0.05) is 1.37 Å². The fourth-order valence-electron chi connectivity index (χ4n) is 0.678. The molecule has 0 aromatic carbocycles. The maximum Gasteiger partial charge on any atom is 0.0273 e. The summed E-state index contributed by atoms with van der Waals surface area (Å²) in [5, 5.41) is 0. The molecule has 0 bridgehead atoms. The molecule has 1 rings (SSSR count). The highest BCUT2D eigenvalue weighted by Crippen LogP contribution is 2.14. The summed E-state index contributed by atoms with van der Waals surface area (Å²) >= 11 is 0. The highest BCUT2D eigenvalue weighted by molar-refractivity contribution is 4.69. The first-order valence-corrected chi connectivity index (χ1v) is 2.55. The quantitative estimate of drug-likeness (QED) is 0.420. The van der Waals surface area contributed by atoms with Gasteiger partial charge in [0.05, 0.1) is 0 Å². The summed E-state index contributed by atoms with van der Waals surface area (Å²) in [7, 11) is 0. The summed E-state index contributed by atoms with van der Waals surface area (Å²) in [6.07, 6.45) is 7.67. The van der Waals surface area contributed by atoms with Gasteiger partial charge in [-0.1, -0.05) is 19.3 Å². The molecule has 0 nitrogen and oxygen atoms in total. The fraction of sp³-hybridized carbons (Fsp3) is 0.833. The molecule has 1 unspecified atom stereocenters. The molecular weight excluding hydrogens is 72.1 g/mol. The molecular formula is C6H10. The van der Waals surface area contributed by atoms with E-state index >= 15 is 0 Å². The van der Waals surface area contributed by atoms with Crippen molar-refractivity contribution in [2.24, 2.45) is 0 Å². The minimum absolute atomic E-state index is 0.0359. The van der Waals surface area contributed by atoms with E-state index in [4.69, 9.17) is 1.37 Å². The maximum absolute atomic E-state index is 7.16. The van der Waals surface area contributed by atoms with E-state index in [1.54, 1.807) is 0 Å². The summed E-state index contributed by atoms with van der Waals surface area (Å²) in [5.74, 6) is 0. The van der Waals surface area contributed by atoms with Crippen LogP contribution in [0.2, 0.25) is 0 Å². The lowest BCUT2D eigenvalue weighted by atomic mass is 10.0. The van der Waals surface area contributed by atoms with E-state index < -0.39 is 0 Å². The van der Waals surface area contributed by atoms with Crippen LogP contribution in [0.3, 0.4) is 0 Å². The van der Waals surface area contributed by atoms with Crippen LogP contribution < -0.4 is 0 Å². The van der Waals surface area contributed by atoms with Crippen molar-refractivity contribution in [1.82, 2.24) is 0 Å². The first-order chi connectivity index (χ1) is 3.39. The molecule has 6 heavy (non-hydrogen) atoms. The van der Waals surface area contributed by atoms with E-state index in [9.17, 15) is 0 Å².